The van der Waals surface area contributed by atoms with Crippen LogP contribution in [0.25, 0.3) is 22.5 Å². The largest absolute Gasteiger partial charge is 0.497 e. The Morgan fingerprint density at radius 1 is 0.853 bits per heavy atom. The summed E-state index contributed by atoms with van der Waals surface area (Å²) in [6, 6.07) is 20.0. The Bertz CT molecular complexity index is 1570. The molecule has 4 N–H and O–H groups in total. The van der Waals surface area contributed by atoms with Gasteiger partial charge in [0.15, 0.2) is 11.5 Å². The van der Waals surface area contributed by atoms with E-state index in [-0.39, 0.29) is 11.5 Å². The maximum atomic E-state index is 13.8. The summed E-state index contributed by atoms with van der Waals surface area (Å²) in [5.74, 6) is 2.06. The molecule has 0 saturated heterocycles. The van der Waals surface area contributed by atoms with Crippen molar-refractivity contribution in [2.45, 2.75) is 6.92 Å². The maximum Gasteiger partial charge on any atom is 0.339 e. The fourth-order valence-electron chi connectivity index (χ4n) is 3.92. The molecule has 0 radical (unpaired) electrons. The van der Waals surface area contributed by atoms with Crippen molar-refractivity contribution in [1.82, 2.24) is 19.1 Å². The highest BCUT2D eigenvalue weighted by Crippen LogP contribution is 2.29. The summed E-state index contributed by atoms with van der Waals surface area (Å²) in [6.45, 7) is 1.90. The Morgan fingerprint density at radius 3 is 2.38 bits per heavy atom. The molecular weight excluding hydrogens is 432 g/mol. The number of para-hydroxylation sites is 1. The fraction of sp³-hybridized carbons (Fsp3) is 0.0800. The Morgan fingerprint density at radius 2 is 1.65 bits per heavy atom. The van der Waals surface area contributed by atoms with Gasteiger partial charge in [-0.15, -0.1) is 0 Å². The molecule has 0 saturated carbocycles. The summed E-state index contributed by atoms with van der Waals surface area (Å²) in [5.41, 5.74) is 15.0. The van der Waals surface area contributed by atoms with Gasteiger partial charge in [0, 0.05) is 17.8 Å². The first kappa shape index (κ1) is 21.1. The van der Waals surface area contributed by atoms with Crippen molar-refractivity contribution in [2.75, 3.05) is 18.6 Å². The number of aromatic nitrogens is 4. The lowest BCUT2D eigenvalue weighted by Gasteiger charge is -2.11. The highest BCUT2D eigenvalue weighted by atomic mass is 16.5. The fourth-order valence-corrected chi connectivity index (χ4v) is 3.92. The van der Waals surface area contributed by atoms with E-state index < -0.39 is 0 Å². The van der Waals surface area contributed by atoms with Crippen molar-refractivity contribution in [1.29, 1.82) is 0 Å². The topological polar surface area (TPSA) is 123 Å². The van der Waals surface area contributed by atoms with E-state index in [0.717, 1.165) is 11.3 Å². The lowest BCUT2D eigenvalue weighted by Crippen LogP contribution is -2.23. The normalized spacial score (nSPS) is 11.0. The second kappa shape index (κ2) is 8.28. The third-order valence-corrected chi connectivity index (χ3v) is 5.44. The van der Waals surface area contributed by atoms with Gasteiger partial charge in [-0.2, -0.15) is 0 Å². The SMILES string of the molecule is COc1cc(N)cc(-n2c(=O)n(-c3ccc(Oc4ccccc4)cc3C)c3c(N)ncnc32)c1. The van der Waals surface area contributed by atoms with Gasteiger partial charge in [0.2, 0.25) is 0 Å². The number of anilines is 2. The molecule has 0 bridgehead atoms. The molecule has 0 fully saturated rings. The van der Waals surface area contributed by atoms with Crippen LogP contribution in [0.15, 0.2) is 77.9 Å². The number of rotatable bonds is 5. The van der Waals surface area contributed by atoms with Crippen LogP contribution < -0.4 is 26.6 Å². The first-order chi connectivity index (χ1) is 16.5. The molecule has 0 aliphatic heterocycles. The Labute approximate surface area is 194 Å². The zero-order valence-electron chi connectivity index (χ0n) is 18.6. The molecular formula is C25H22N6O3. The summed E-state index contributed by atoms with van der Waals surface area (Å²) in [6.07, 6.45) is 1.32. The zero-order chi connectivity index (χ0) is 23.8. The van der Waals surface area contributed by atoms with E-state index in [2.05, 4.69) is 9.97 Å². The molecule has 0 unspecified atom stereocenters. The first-order valence-electron chi connectivity index (χ1n) is 10.5. The molecule has 0 amide bonds. The Balaban J connectivity index is 1.70. The molecule has 5 aromatic rings. The number of nitrogen functional groups attached to an aromatic ring is 2. The average molecular weight is 454 g/mol. The van der Waals surface area contributed by atoms with Crippen molar-refractivity contribution in [3.05, 3.63) is 89.1 Å². The summed E-state index contributed by atoms with van der Waals surface area (Å²) >= 11 is 0. The van der Waals surface area contributed by atoms with Gasteiger partial charge in [0.1, 0.15) is 29.1 Å². The number of hydrogen-bond acceptors (Lipinski definition) is 7. The van der Waals surface area contributed by atoms with Crippen molar-refractivity contribution in [3.8, 4) is 28.6 Å². The summed E-state index contributed by atoms with van der Waals surface area (Å²) < 4.78 is 14.2. The number of nitrogens with zero attached hydrogens (tertiary/aromatic N) is 4. The molecule has 9 nitrogen and oxygen atoms in total. The quantitative estimate of drug-likeness (QED) is 0.387. The van der Waals surface area contributed by atoms with Gasteiger partial charge in [-0.1, -0.05) is 18.2 Å². The predicted molar refractivity (Wildman–Crippen MR) is 131 cm³/mol. The number of fused-ring (bicyclic) bond motifs is 1. The molecule has 3 aromatic carbocycles. The standard InChI is InChI=1S/C25H22N6O3/c1-15-10-19(34-18-6-4-3-5-7-18)8-9-21(15)31-22-23(27)28-14-29-24(22)30(25(31)32)17-11-16(26)12-20(13-17)33-2/h3-14H,26H2,1-2H3,(H2,27,28,29). The minimum absolute atomic E-state index is 0.181. The van der Waals surface area contributed by atoms with Crippen LogP contribution in [0.4, 0.5) is 11.5 Å². The van der Waals surface area contributed by atoms with Gasteiger partial charge < -0.3 is 20.9 Å². The van der Waals surface area contributed by atoms with Crippen LogP contribution in [0.3, 0.4) is 0 Å². The van der Waals surface area contributed by atoms with Gasteiger partial charge in [-0.25, -0.2) is 19.3 Å². The van der Waals surface area contributed by atoms with Crippen LogP contribution in [0.5, 0.6) is 17.2 Å². The van der Waals surface area contributed by atoms with Gasteiger partial charge in [0.05, 0.1) is 18.5 Å². The molecule has 5 rings (SSSR count). The Kier molecular flexibility index (Phi) is 5.14. The lowest BCUT2D eigenvalue weighted by atomic mass is 10.2. The van der Waals surface area contributed by atoms with Crippen LogP contribution in [-0.4, -0.2) is 26.2 Å². The predicted octanol–water partition coefficient (Wildman–Crippen LogP) is 3.85. The van der Waals surface area contributed by atoms with E-state index in [1.165, 1.54) is 22.6 Å². The van der Waals surface area contributed by atoms with Crippen LogP contribution in [0.2, 0.25) is 0 Å². The number of aryl methyl sites for hydroxylation is 1. The van der Waals surface area contributed by atoms with Crippen molar-refractivity contribution in [2.24, 2.45) is 0 Å². The molecule has 0 spiro atoms. The van der Waals surface area contributed by atoms with Gasteiger partial charge in [-0.3, -0.25) is 4.57 Å². The van der Waals surface area contributed by atoms with Crippen LogP contribution in [0, 0.1) is 6.92 Å². The molecule has 2 heterocycles. The minimum atomic E-state index is -0.366. The van der Waals surface area contributed by atoms with Crippen molar-refractivity contribution in [3.63, 3.8) is 0 Å². The number of hydrogen-bond donors (Lipinski definition) is 2. The van der Waals surface area contributed by atoms with Crippen LogP contribution in [-0.2, 0) is 0 Å². The van der Waals surface area contributed by atoms with Crippen molar-refractivity contribution >= 4 is 22.7 Å². The lowest BCUT2D eigenvalue weighted by molar-refractivity contribution is 0.415. The maximum absolute atomic E-state index is 13.8. The summed E-state index contributed by atoms with van der Waals surface area (Å²) in [5, 5.41) is 0. The highest BCUT2D eigenvalue weighted by molar-refractivity contribution is 5.85. The van der Waals surface area contributed by atoms with Gasteiger partial charge in [0.25, 0.3) is 0 Å². The second-order valence-electron chi connectivity index (χ2n) is 7.71. The van der Waals surface area contributed by atoms with E-state index in [1.807, 2.05) is 49.4 Å². The van der Waals surface area contributed by atoms with E-state index >= 15 is 0 Å². The first-order valence-corrected chi connectivity index (χ1v) is 10.5. The van der Waals surface area contributed by atoms with Crippen molar-refractivity contribution < 1.29 is 9.47 Å². The molecule has 34 heavy (non-hydrogen) atoms. The van der Waals surface area contributed by atoms with E-state index in [1.54, 1.807) is 24.3 Å². The van der Waals surface area contributed by atoms with Gasteiger partial charge >= 0.3 is 5.69 Å². The van der Waals surface area contributed by atoms with Crippen LogP contribution in [0.1, 0.15) is 5.56 Å². The number of benzene rings is 3. The molecule has 0 aliphatic carbocycles. The molecule has 0 aliphatic rings. The number of methoxy groups -OCH3 is 1. The third kappa shape index (κ3) is 3.58. The number of nitrogens with two attached hydrogens (primary N) is 2. The van der Waals surface area contributed by atoms with E-state index in [4.69, 9.17) is 20.9 Å². The number of ether oxygens (including phenoxy) is 2. The van der Waals surface area contributed by atoms with E-state index in [0.29, 0.717) is 39.7 Å². The summed E-state index contributed by atoms with van der Waals surface area (Å²) in [4.78, 5) is 22.2. The van der Waals surface area contributed by atoms with Gasteiger partial charge in [-0.05, 0) is 48.9 Å². The zero-order valence-corrected chi connectivity index (χ0v) is 18.6. The monoisotopic (exact) mass is 454 g/mol. The Hall–Kier alpha value is -4.79. The highest BCUT2D eigenvalue weighted by Gasteiger charge is 2.22. The molecule has 2 aromatic heterocycles. The smallest absolute Gasteiger partial charge is 0.339 e. The molecule has 0 atom stereocenters. The van der Waals surface area contributed by atoms with Crippen LogP contribution >= 0.6 is 0 Å². The minimum Gasteiger partial charge on any atom is -0.497 e. The third-order valence-electron chi connectivity index (χ3n) is 5.44. The average Bonchev–Trinajstić information content (AvgIpc) is 3.12. The second-order valence-corrected chi connectivity index (χ2v) is 7.71. The summed E-state index contributed by atoms with van der Waals surface area (Å²) in [7, 11) is 1.53. The van der Waals surface area contributed by atoms with E-state index in [9.17, 15) is 4.79 Å². The molecule has 170 valence electrons. The number of imidazole rings is 1. The molecule has 9 heteroatoms.